The maximum atomic E-state index is 12.3. The van der Waals surface area contributed by atoms with Gasteiger partial charge in [0.15, 0.2) is 4.77 Å². The Morgan fingerprint density at radius 1 is 1.38 bits per heavy atom. The number of aromatic nitrogens is 2. The minimum atomic E-state index is -4.27. The van der Waals surface area contributed by atoms with Crippen molar-refractivity contribution in [3.8, 4) is 0 Å². The summed E-state index contributed by atoms with van der Waals surface area (Å²) in [5.41, 5.74) is 1.10. The number of rotatable bonds is 1. The Kier molecular flexibility index (Phi) is 2.99. The molecule has 0 bridgehead atoms. The first-order valence-corrected chi connectivity index (χ1v) is 5.80. The van der Waals surface area contributed by atoms with E-state index in [2.05, 4.69) is 27.6 Å². The van der Waals surface area contributed by atoms with Crippen LogP contribution >= 0.6 is 34.8 Å². The highest BCUT2D eigenvalue weighted by atomic mass is 127. The van der Waals surface area contributed by atoms with Gasteiger partial charge in [-0.1, -0.05) is 0 Å². The minimum Gasteiger partial charge on any atom is -0.331 e. The third kappa shape index (κ3) is 2.40. The lowest BCUT2D eigenvalue weighted by molar-refractivity contribution is -0.140. The summed E-state index contributed by atoms with van der Waals surface area (Å²) in [5.74, 6) is 0. The SMILES string of the molecule is FC(F)(F)Cn1c(=S)[nH]c2cc(I)ccc21. The number of alkyl halides is 3. The second kappa shape index (κ2) is 4.02. The average molecular weight is 358 g/mol. The van der Waals surface area contributed by atoms with E-state index in [4.69, 9.17) is 12.2 Å². The number of hydrogen-bond acceptors (Lipinski definition) is 1. The first-order valence-electron chi connectivity index (χ1n) is 4.32. The highest BCUT2D eigenvalue weighted by Gasteiger charge is 2.29. The van der Waals surface area contributed by atoms with Crippen molar-refractivity contribution in [3.05, 3.63) is 26.5 Å². The molecule has 86 valence electrons. The van der Waals surface area contributed by atoms with Gasteiger partial charge in [-0.25, -0.2) is 0 Å². The molecule has 0 saturated carbocycles. The Balaban J connectivity index is 2.61. The molecule has 1 aromatic carbocycles. The van der Waals surface area contributed by atoms with Crippen LogP contribution in [0.5, 0.6) is 0 Å². The van der Waals surface area contributed by atoms with Crippen molar-refractivity contribution < 1.29 is 13.2 Å². The molecule has 0 spiro atoms. The number of aromatic amines is 1. The van der Waals surface area contributed by atoms with Crippen molar-refractivity contribution in [3.63, 3.8) is 0 Å². The van der Waals surface area contributed by atoms with E-state index < -0.39 is 12.7 Å². The van der Waals surface area contributed by atoms with Crippen molar-refractivity contribution in [2.24, 2.45) is 0 Å². The van der Waals surface area contributed by atoms with Crippen LogP contribution in [0.4, 0.5) is 13.2 Å². The van der Waals surface area contributed by atoms with Crippen molar-refractivity contribution in [2.75, 3.05) is 0 Å². The Hall–Kier alpha value is -0.570. The van der Waals surface area contributed by atoms with Gasteiger partial charge in [-0.2, -0.15) is 13.2 Å². The molecule has 2 rings (SSSR count). The normalized spacial score (nSPS) is 12.2. The van der Waals surface area contributed by atoms with Crippen LogP contribution in [0.25, 0.3) is 11.0 Å². The number of imidazole rings is 1. The summed E-state index contributed by atoms with van der Waals surface area (Å²) in [6, 6.07) is 5.14. The summed E-state index contributed by atoms with van der Waals surface area (Å²) < 4.78 is 39.1. The van der Waals surface area contributed by atoms with Gasteiger partial charge in [-0.15, -0.1) is 0 Å². The van der Waals surface area contributed by atoms with Gasteiger partial charge in [0.05, 0.1) is 11.0 Å². The molecule has 1 aromatic heterocycles. The molecule has 0 radical (unpaired) electrons. The molecule has 0 atom stereocenters. The number of hydrogen-bond donors (Lipinski definition) is 1. The third-order valence-electron chi connectivity index (χ3n) is 2.07. The molecule has 0 aliphatic rings. The molecule has 7 heteroatoms. The fraction of sp³-hybridized carbons (Fsp3) is 0.222. The second-order valence-electron chi connectivity index (χ2n) is 3.29. The highest BCUT2D eigenvalue weighted by Crippen LogP contribution is 2.23. The Bertz CT molecular complexity index is 584. The van der Waals surface area contributed by atoms with Crippen molar-refractivity contribution in [1.29, 1.82) is 0 Å². The van der Waals surface area contributed by atoms with Gasteiger partial charge in [-0.05, 0) is 53.0 Å². The summed E-state index contributed by atoms with van der Waals surface area (Å²) in [6.07, 6.45) is -4.27. The maximum absolute atomic E-state index is 12.3. The van der Waals surface area contributed by atoms with Gasteiger partial charge in [0, 0.05) is 3.57 Å². The van der Waals surface area contributed by atoms with E-state index in [1.165, 1.54) is 0 Å². The van der Waals surface area contributed by atoms with Crippen molar-refractivity contribution in [2.45, 2.75) is 12.7 Å². The number of benzene rings is 1. The standard InChI is InChI=1S/C9H6F3IN2S/c10-9(11,12)4-15-7-2-1-5(13)3-6(7)14-8(15)16/h1-3H,4H2,(H,14,16). The lowest BCUT2D eigenvalue weighted by atomic mass is 10.3. The average Bonchev–Trinajstić information content (AvgIpc) is 2.40. The first kappa shape index (κ1) is 11.9. The lowest BCUT2D eigenvalue weighted by Crippen LogP contribution is -2.17. The number of nitrogens with zero attached hydrogens (tertiary/aromatic N) is 1. The van der Waals surface area contributed by atoms with Gasteiger partial charge in [0.1, 0.15) is 6.54 Å². The quantitative estimate of drug-likeness (QED) is 0.607. The topological polar surface area (TPSA) is 20.7 Å². The van der Waals surface area contributed by atoms with Crippen LogP contribution in [-0.2, 0) is 6.54 Å². The molecule has 2 nitrogen and oxygen atoms in total. The van der Waals surface area contributed by atoms with E-state index in [0.717, 1.165) is 8.14 Å². The van der Waals surface area contributed by atoms with Crippen LogP contribution in [-0.4, -0.2) is 15.7 Å². The van der Waals surface area contributed by atoms with Gasteiger partial charge >= 0.3 is 6.18 Å². The Labute approximate surface area is 108 Å². The maximum Gasteiger partial charge on any atom is 0.406 e. The summed E-state index contributed by atoms with van der Waals surface area (Å²) in [6.45, 7) is -1.06. The molecule has 0 aliphatic carbocycles. The molecular formula is C9H6F3IN2S. The van der Waals surface area contributed by atoms with Crippen LogP contribution < -0.4 is 0 Å². The molecular weight excluding hydrogens is 352 g/mol. The van der Waals surface area contributed by atoms with Crippen LogP contribution in [0, 0.1) is 8.34 Å². The molecule has 1 N–H and O–H groups in total. The zero-order valence-corrected chi connectivity index (χ0v) is 10.8. The highest BCUT2D eigenvalue weighted by molar-refractivity contribution is 14.1. The zero-order chi connectivity index (χ0) is 11.9. The molecule has 0 saturated heterocycles. The molecule has 0 aliphatic heterocycles. The summed E-state index contributed by atoms with van der Waals surface area (Å²) >= 11 is 6.96. The molecule has 0 fully saturated rings. The van der Waals surface area contributed by atoms with Crippen molar-refractivity contribution in [1.82, 2.24) is 9.55 Å². The first-order chi connectivity index (χ1) is 7.37. The Morgan fingerprint density at radius 2 is 2.06 bits per heavy atom. The van der Waals surface area contributed by atoms with E-state index >= 15 is 0 Å². The minimum absolute atomic E-state index is 0.0920. The van der Waals surface area contributed by atoms with Crippen LogP contribution in [0.3, 0.4) is 0 Å². The zero-order valence-electron chi connectivity index (χ0n) is 7.81. The molecule has 0 amide bonds. The van der Waals surface area contributed by atoms with Gasteiger partial charge in [0.25, 0.3) is 0 Å². The number of fused-ring (bicyclic) bond motifs is 1. The number of halogens is 4. The largest absolute Gasteiger partial charge is 0.406 e. The van der Waals surface area contributed by atoms with E-state index in [0.29, 0.717) is 11.0 Å². The van der Waals surface area contributed by atoms with Gasteiger partial charge < -0.3 is 9.55 Å². The predicted molar refractivity (Wildman–Crippen MR) is 65.9 cm³/mol. The molecule has 16 heavy (non-hydrogen) atoms. The molecule has 1 heterocycles. The van der Waals surface area contributed by atoms with E-state index in [1.807, 2.05) is 0 Å². The Morgan fingerprint density at radius 3 is 2.69 bits per heavy atom. The summed E-state index contributed by atoms with van der Waals surface area (Å²) in [4.78, 5) is 2.76. The smallest absolute Gasteiger partial charge is 0.331 e. The fourth-order valence-corrected chi connectivity index (χ4v) is 2.24. The van der Waals surface area contributed by atoms with Crippen molar-refractivity contribution >= 4 is 45.8 Å². The number of H-pyrrole nitrogens is 1. The molecule has 0 unspecified atom stereocenters. The number of nitrogens with one attached hydrogen (secondary N) is 1. The van der Waals surface area contributed by atoms with E-state index in [9.17, 15) is 13.2 Å². The fourth-order valence-electron chi connectivity index (χ4n) is 1.47. The van der Waals surface area contributed by atoms with Crippen LogP contribution in [0.15, 0.2) is 18.2 Å². The molecule has 2 aromatic rings. The second-order valence-corrected chi connectivity index (χ2v) is 4.93. The van der Waals surface area contributed by atoms with Gasteiger partial charge in [-0.3, -0.25) is 0 Å². The predicted octanol–water partition coefficient (Wildman–Crippen LogP) is 3.87. The monoisotopic (exact) mass is 358 g/mol. The van der Waals surface area contributed by atoms with E-state index in [1.54, 1.807) is 18.2 Å². The summed E-state index contributed by atoms with van der Waals surface area (Å²) in [5, 5.41) is 0. The summed E-state index contributed by atoms with van der Waals surface area (Å²) in [7, 11) is 0. The van der Waals surface area contributed by atoms with Gasteiger partial charge in [0.2, 0.25) is 0 Å². The van der Waals surface area contributed by atoms with Crippen LogP contribution in [0.1, 0.15) is 0 Å². The van der Waals surface area contributed by atoms with Crippen LogP contribution in [0.2, 0.25) is 0 Å². The third-order valence-corrected chi connectivity index (χ3v) is 3.07. The lowest BCUT2D eigenvalue weighted by Gasteiger charge is -2.08. The van der Waals surface area contributed by atoms with E-state index in [-0.39, 0.29) is 4.77 Å².